The van der Waals surface area contributed by atoms with E-state index in [0.717, 1.165) is 17.7 Å². The van der Waals surface area contributed by atoms with Crippen molar-refractivity contribution in [3.63, 3.8) is 0 Å². The number of hydrogen-bond acceptors (Lipinski definition) is 2. The van der Waals surface area contributed by atoms with Crippen LogP contribution in [0.5, 0.6) is 0 Å². The molecule has 2 heteroatoms. The van der Waals surface area contributed by atoms with Crippen LogP contribution in [0, 0.1) is 11.8 Å². The molecular weight excluding hydrogens is 292 g/mol. The lowest BCUT2D eigenvalue weighted by molar-refractivity contribution is 0.288. The first kappa shape index (κ1) is 17.9. The van der Waals surface area contributed by atoms with Crippen LogP contribution in [0.15, 0.2) is 12.4 Å². The zero-order chi connectivity index (χ0) is 16.8. The van der Waals surface area contributed by atoms with E-state index >= 15 is 0 Å². The highest BCUT2D eigenvalue weighted by Gasteiger charge is 2.24. The average molecular weight is 329 g/mol. The fraction of sp³-hybridized carbons (Fsp3) is 0.818. The van der Waals surface area contributed by atoms with E-state index in [2.05, 4.69) is 26.2 Å². The van der Waals surface area contributed by atoms with Crippen molar-refractivity contribution in [3.8, 4) is 0 Å². The lowest BCUT2D eigenvalue weighted by Gasteiger charge is -2.29. The number of rotatable bonds is 6. The number of hydrogen-bond donors (Lipinski definition) is 0. The Morgan fingerprint density at radius 3 is 2.21 bits per heavy atom. The largest absolute Gasteiger partial charge is 0.241 e. The van der Waals surface area contributed by atoms with Crippen molar-refractivity contribution in [2.24, 2.45) is 11.8 Å². The summed E-state index contributed by atoms with van der Waals surface area (Å²) in [6, 6.07) is 0. The van der Waals surface area contributed by atoms with E-state index < -0.39 is 0 Å². The lowest BCUT2D eigenvalue weighted by atomic mass is 9.77. The van der Waals surface area contributed by atoms with E-state index in [1.54, 1.807) is 0 Å². The first-order valence-corrected chi connectivity index (χ1v) is 10.6. The van der Waals surface area contributed by atoms with Gasteiger partial charge < -0.3 is 0 Å². The highest BCUT2D eigenvalue weighted by molar-refractivity contribution is 5.14. The molecule has 0 saturated heterocycles. The summed E-state index contributed by atoms with van der Waals surface area (Å²) in [5.74, 6) is 4.33. The third-order valence-corrected chi connectivity index (χ3v) is 6.74. The van der Waals surface area contributed by atoms with Crippen LogP contribution in [0.1, 0.15) is 114 Å². The Hall–Kier alpha value is -0.920. The van der Waals surface area contributed by atoms with Crippen molar-refractivity contribution >= 4 is 0 Å². The van der Waals surface area contributed by atoms with Gasteiger partial charge in [0.15, 0.2) is 0 Å². The molecule has 2 saturated carbocycles. The van der Waals surface area contributed by atoms with Crippen molar-refractivity contribution in [1.29, 1.82) is 0 Å². The van der Waals surface area contributed by atoms with Crippen molar-refractivity contribution in [2.45, 2.75) is 103 Å². The molecule has 134 valence electrons. The van der Waals surface area contributed by atoms with Gasteiger partial charge in [-0.25, -0.2) is 9.97 Å². The van der Waals surface area contributed by atoms with Gasteiger partial charge in [0, 0.05) is 18.3 Å². The Balaban J connectivity index is 1.47. The molecule has 2 aliphatic rings. The standard InChI is InChI=1S/C22H36N2/c1-3-17(2)9-10-18-11-13-19(14-12-18)21-15-23-22(24-16-21)20-7-5-4-6-8-20/h15-20H,3-14H2,1-2H3/t17?,18-,19-. The second-order valence-electron chi connectivity index (χ2n) is 8.52. The molecule has 1 unspecified atom stereocenters. The molecule has 1 aromatic heterocycles. The maximum Gasteiger partial charge on any atom is 0.131 e. The minimum atomic E-state index is 0.629. The second-order valence-corrected chi connectivity index (χ2v) is 8.52. The van der Waals surface area contributed by atoms with E-state index in [-0.39, 0.29) is 0 Å². The van der Waals surface area contributed by atoms with Crippen LogP contribution in [0.2, 0.25) is 0 Å². The van der Waals surface area contributed by atoms with Crippen LogP contribution in [0.25, 0.3) is 0 Å². The van der Waals surface area contributed by atoms with Crippen molar-refractivity contribution in [2.75, 3.05) is 0 Å². The van der Waals surface area contributed by atoms with Crippen molar-refractivity contribution < 1.29 is 0 Å². The highest BCUT2D eigenvalue weighted by Crippen LogP contribution is 2.38. The first-order valence-electron chi connectivity index (χ1n) is 10.6. The van der Waals surface area contributed by atoms with Gasteiger partial charge in [-0.05, 0) is 61.8 Å². The number of nitrogens with zero attached hydrogens (tertiary/aromatic N) is 2. The monoisotopic (exact) mass is 328 g/mol. The summed E-state index contributed by atoms with van der Waals surface area (Å²) < 4.78 is 0. The van der Waals surface area contributed by atoms with Gasteiger partial charge in [-0.3, -0.25) is 0 Å². The Labute approximate surface area is 148 Å². The Morgan fingerprint density at radius 2 is 1.58 bits per heavy atom. The summed E-state index contributed by atoms with van der Waals surface area (Å²) in [4.78, 5) is 9.51. The maximum atomic E-state index is 4.76. The van der Waals surface area contributed by atoms with Crippen LogP contribution in [0.3, 0.4) is 0 Å². The summed E-state index contributed by atoms with van der Waals surface area (Å²) in [5, 5.41) is 0. The third-order valence-electron chi connectivity index (χ3n) is 6.74. The van der Waals surface area contributed by atoms with Gasteiger partial charge in [-0.2, -0.15) is 0 Å². The van der Waals surface area contributed by atoms with E-state index in [1.807, 2.05) is 0 Å². The molecule has 0 aliphatic heterocycles. The first-order chi connectivity index (χ1) is 11.8. The summed E-state index contributed by atoms with van der Waals surface area (Å²) in [7, 11) is 0. The van der Waals surface area contributed by atoms with Gasteiger partial charge in [0.05, 0.1) is 0 Å². The molecule has 1 heterocycles. The zero-order valence-corrected chi connectivity index (χ0v) is 15.8. The molecule has 1 aromatic rings. The van der Waals surface area contributed by atoms with E-state index in [9.17, 15) is 0 Å². The normalized spacial score (nSPS) is 27.1. The van der Waals surface area contributed by atoms with Gasteiger partial charge >= 0.3 is 0 Å². The number of aromatic nitrogens is 2. The van der Waals surface area contributed by atoms with Crippen LogP contribution in [0.4, 0.5) is 0 Å². The minimum absolute atomic E-state index is 0.629. The smallest absolute Gasteiger partial charge is 0.131 e. The Kier molecular flexibility index (Phi) is 6.68. The molecule has 0 amide bonds. The molecule has 0 spiro atoms. The molecule has 24 heavy (non-hydrogen) atoms. The van der Waals surface area contributed by atoms with Gasteiger partial charge in [-0.1, -0.05) is 52.4 Å². The zero-order valence-electron chi connectivity index (χ0n) is 15.8. The van der Waals surface area contributed by atoms with Gasteiger partial charge in [0.25, 0.3) is 0 Å². The average Bonchev–Trinajstić information content (AvgIpc) is 2.67. The summed E-state index contributed by atoms with van der Waals surface area (Å²) in [6.45, 7) is 4.72. The Morgan fingerprint density at radius 1 is 0.917 bits per heavy atom. The maximum absolute atomic E-state index is 4.76. The van der Waals surface area contributed by atoms with Gasteiger partial charge in [-0.15, -0.1) is 0 Å². The van der Waals surface area contributed by atoms with E-state index in [4.69, 9.17) is 9.97 Å². The molecule has 0 N–H and O–H groups in total. The second kappa shape index (κ2) is 8.97. The van der Waals surface area contributed by atoms with Gasteiger partial charge in [0.1, 0.15) is 5.82 Å². The molecule has 0 aromatic carbocycles. The molecule has 2 fully saturated rings. The van der Waals surface area contributed by atoms with E-state index in [1.165, 1.54) is 82.6 Å². The van der Waals surface area contributed by atoms with Crippen LogP contribution in [-0.4, -0.2) is 9.97 Å². The Bertz CT molecular complexity index is 467. The summed E-state index contributed by atoms with van der Waals surface area (Å²) >= 11 is 0. The summed E-state index contributed by atoms with van der Waals surface area (Å²) in [6.07, 6.45) is 20.7. The minimum Gasteiger partial charge on any atom is -0.241 e. The highest BCUT2D eigenvalue weighted by atomic mass is 14.9. The fourth-order valence-electron chi connectivity index (χ4n) is 4.64. The molecular formula is C22H36N2. The predicted octanol–water partition coefficient (Wildman–Crippen LogP) is 6.62. The molecule has 1 atom stereocenters. The van der Waals surface area contributed by atoms with Crippen LogP contribution >= 0.6 is 0 Å². The van der Waals surface area contributed by atoms with Crippen LogP contribution < -0.4 is 0 Å². The fourth-order valence-corrected chi connectivity index (χ4v) is 4.64. The molecule has 0 radical (unpaired) electrons. The SMILES string of the molecule is CCC(C)CC[C@H]1CC[C@H](c2cnc(C3CCCCC3)nc2)CC1. The van der Waals surface area contributed by atoms with Gasteiger partial charge in [0.2, 0.25) is 0 Å². The quantitative estimate of drug-likeness (QED) is 0.586. The topological polar surface area (TPSA) is 25.8 Å². The van der Waals surface area contributed by atoms with Crippen molar-refractivity contribution in [3.05, 3.63) is 23.8 Å². The van der Waals surface area contributed by atoms with Crippen molar-refractivity contribution in [1.82, 2.24) is 9.97 Å². The lowest BCUT2D eigenvalue weighted by Crippen LogP contribution is -2.15. The molecule has 2 nitrogen and oxygen atoms in total. The third kappa shape index (κ3) is 4.80. The predicted molar refractivity (Wildman–Crippen MR) is 101 cm³/mol. The molecule has 2 aliphatic carbocycles. The molecule has 0 bridgehead atoms. The summed E-state index contributed by atoms with van der Waals surface area (Å²) in [5.41, 5.74) is 1.40. The van der Waals surface area contributed by atoms with E-state index in [0.29, 0.717) is 11.8 Å². The van der Waals surface area contributed by atoms with Crippen LogP contribution in [-0.2, 0) is 0 Å². The molecule has 3 rings (SSSR count).